The molecule has 1 aliphatic heterocycles. The first-order valence-corrected chi connectivity index (χ1v) is 10.8. The van der Waals surface area contributed by atoms with Crippen LogP contribution in [0.3, 0.4) is 0 Å². The van der Waals surface area contributed by atoms with Crippen molar-refractivity contribution in [1.82, 2.24) is 14.7 Å². The molecule has 1 fully saturated rings. The summed E-state index contributed by atoms with van der Waals surface area (Å²) in [5, 5.41) is 14.0. The van der Waals surface area contributed by atoms with Crippen molar-refractivity contribution in [3.63, 3.8) is 0 Å². The molecule has 2 aromatic carbocycles. The number of aryl methyl sites for hydroxylation is 2. The number of nitrogens with zero attached hydrogens (tertiary/aromatic N) is 3. The molecular formula is C25H25N3O4. The third-order valence-corrected chi connectivity index (χ3v) is 6.76. The van der Waals surface area contributed by atoms with E-state index in [4.69, 9.17) is 4.74 Å². The Hall–Kier alpha value is -3.61. The van der Waals surface area contributed by atoms with Crippen molar-refractivity contribution in [3.8, 4) is 11.1 Å². The molecule has 0 spiro atoms. The lowest BCUT2D eigenvalue weighted by molar-refractivity contribution is -0.141. The number of carbonyl (C=O) groups excluding carboxylic acids is 1. The van der Waals surface area contributed by atoms with Crippen LogP contribution in [0.1, 0.15) is 34.2 Å². The summed E-state index contributed by atoms with van der Waals surface area (Å²) < 4.78 is 7.45. The van der Waals surface area contributed by atoms with Gasteiger partial charge in [-0.1, -0.05) is 48.5 Å². The average molecular weight is 431 g/mol. The molecule has 0 bridgehead atoms. The normalized spacial score (nSPS) is 19.6. The maximum absolute atomic E-state index is 13.0. The quantitative estimate of drug-likeness (QED) is 0.680. The molecule has 7 heteroatoms. The summed E-state index contributed by atoms with van der Waals surface area (Å²) >= 11 is 0. The number of benzene rings is 2. The SMILES string of the molecule is Cc1cnn(C)c1C1CN(C(=O)OCC2c3ccccc3-c3ccccc32)CC1C(=O)O. The Morgan fingerprint density at radius 3 is 2.25 bits per heavy atom. The Balaban J connectivity index is 1.33. The second-order valence-electron chi connectivity index (χ2n) is 8.60. The van der Waals surface area contributed by atoms with E-state index >= 15 is 0 Å². The zero-order valence-corrected chi connectivity index (χ0v) is 18.1. The smallest absolute Gasteiger partial charge is 0.409 e. The summed E-state index contributed by atoms with van der Waals surface area (Å²) in [5.41, 5.74) is 6.42. The number of rotatable bonds is 4. The Morgan fingerprint density at radius 2 is 1.69 bits per heavy atom. The lowest BCUT2D eigenvalue weighted by Crippen LogP contribution is -2.31. The molecule has 1 N–H and O–H groups in total. The minimum absolute atomic E-state index is 0.0284. The van der Waals surface area contributed by atoms with Gasteiger partial charge in [0.15, 0.2) is 0 Å². The molecule has 1 aromatic heterocycles. The molecule has 2 heterocycles. The van der Waals surface area contributed by atoms with Crippen LogP contribution < -0.4 is 0 Å². The van der Waals surface area contributed by atoms with Crippen LogP contribution in [0.2, 0.25) is 0 Å². The van der Waals surface area contributed by atoms with Gasteiger partial charge in [0, 0.05) is 37.7 Å². The predicted molar refractivity (Wildman–Crippen MR) is 118 cm³/mol. The Morgan fingerprint density at radius 1 is 1.06 bits per heavy atom. The minimum atomic E-state index is -0.912. The number of fused-ring (bicyclic) bond motifs is 3. The van der Waals surface area contributed by atoms with Crippen LogP contribution in [0.4, 0.5) is 4.79 Å². The number of hydrogen-bond donors (Lipinski definition) is 1. The number of aliphatic carboxylic acids is 1. The number of carboxylic acid groups (broad SMARTS) is 1. The fourth-order valence-electron chi connectivity index (χ4n) is 5.25. The van der Waals surface area contributed by atoms with Gasteiger partial charge in [0.05, 0.1) is 12.1 Å². The molecule has 1 aliphatic carbocycles. The fraction of sp³-hybridized carbons (Fsp3) is 0.320. The van der Waals surface area contributed by atoms with Gasteiger partial charge in [-0.05, 0) is 34.7 Å². The van der Waals surface area contributed by atoms with E-state index in [2.05, 4.69) is 29.4 Å². The standard InChI is InChI=1S/C25H25N3O4/c1-15-11-26-27(2)23(15)20-12-28(13-21(20)24(29)30)25(31)32-14-22-18-9-5-3-7-16(18)17-8-4-6-10-19(17)22/h3-11,20-22H,12-14H2,1-2H3,(H,29,30). The predicted octanol–water partition coefficient (Wildman–Crippen LogP) is 3.78. The summed E-state index contributed by atoms with van der Waals surface area (Å²) in [6.45, 7) is 2.56. The molecule has 164 valence electrons. The number of ether oxygens (including phenoxy) is 1. The third-order valence-electron chi connectivity index (χ3n) is 6.76. The van der Waals surface area contributed by atoms with Crippen LogP contribution in [0.25, 0.3) is 11.1 Å². The summed E-state index contributed by atoms with van der Waals surface area (Å²) in [6.07, 6.45) is 1.25. The van der Waals surface area contributed by atoms with Crippen molar-refractivity contribution in [2.75, 3.05) is 19.7 Å². The highest BCUT2D eigenvalue weighted by molar-refractivity contribution is 5.79. The second kappa shape index (κ2) is 7.82. The molecular weight excluding hydrogens is 406 g/mol. The number of carbonyl (C=O) groups is 2. The average Bonchev–Trinajstić information content (AvgIpc) is 3.46. The number of amides is 1. The van der Waals surface area contributed by atoms with E-state index in [9.17, 15) is 14.7 Å². The van der Waals surface area contributed by atoms with E-state index in [0.717, 1.165) is 22.4 Å². The van der Waals surface area contributed by atoms with Gasteiger partial charge in [-0.2, -0.15) is 5.10 Å². The van der Waals surface area contributed by atoms with Gasteiger partial charge in [-0.25, -0.2) is 4.79 Å². The Bertz CT molecular complexity index is 1140. The van der Waals surface area contributed by atoms with Gasteiger partial charge in [-0.15, -0.1) is 0 Å². The van der Waals surface area contributed by atoms with Crippen LogP contribution >= 0.6 is 0 Å². The van der Waals surface area contributed by atoms with E-state index < -0.39 is 18.0 Å². The first-order valence-electron chi connectivity index (χ1n) is 10.8. The summed E-state index contributed by atoms with van der Waals surface area (Å²) in [6, 6.07) is 16.4. The van der Waals surface area contributed by atoms with Gasteiger partial charge in [0.2, 0.25) is 0 Å². The van der Waals surface area contributed by atoms with Crippen molar-refractivity contribution in [1.29, 1.82) is 0 Å². The Kier molecular flexibility index (Phi) is 4.96. The van der Waals surface area contributed by atoms with Crippen molar-refractivity contribution >= 4 is 12.1 Å². The maximum atomic E-state index is 13.0. The summed E-state index contributed by atoms with van der Waals surface area (Å²) in [7, 11) is 1.80. The van der Waals surface area contributed by atoms with E-state index in [0.29, 0.717) is 6.54 Å². The van der Waals surface area contributed by atoms with Gasteiger partial charge in [0.1, 0.15) is 6.61 Å². The highest BCUT2D eigenvalue weighted by atomic mass is 16.6. The molecule has 3 aromatic rings. The Labute approximate surface area is 186 Å². The van der Waals surface area contributed by atoms with Gasteiger partial charge in [-0.3, -0.25) is 9.48 Å². The third kappa shape index (κ3) is 3.25. The minimum Gasteiger partial charge on any atom is -0.481 e. The molecule has 0 saturated carbocycles. The highest BCUT2D eigenvalue weighted by Crippen LogP contribution is 2.44. The van der Waals surface area contributed by atoms with Crippen LogP contribution in [-0.4, -0.2) is 51.5 Å². The van der Waals surface area contributed by atoms with Gasteiger partial charge in [0.25, 0.3) is 0 Å². The molecule has 2 aliphatic rings. The lowest BCUT2D eigenvalue weighted by Gasteiger charge is -2.19. The van der Waals surface area contributed by atoms with E-state index in [-0.39, 0.29) is 25.0 Å². The van der Waals surface area contributed by atoms with Crippen LogP contribution in [0.5, 0.6) is 0 Å². The first-order chi connectivity index (χ1) is 15.5. The molecule has 32 heavy (non-hydrogen) atoms. The summed E-state index contributed by atoms with van der Waals surface area (Å²) in [5.74, 6) is -1.95. The van der Waals surface area contributed by atoms with Crippen LogP contribution in [-0.2, 0) is 16.6 Å². The van der Waals surface area contributed by atoms with Crippen LogP contribution in [0, 0.1) is 12.8 Å². The maximum Gasteiger partial charge on any atom is 0.409 e. The molecule has 1 amide bonds. The van der Waals surface area contributed by atoms with Crippen molar-refractivity contribution < 1.29 is 19.4 Å². The molecule has 0 radical (unpaired) electrons. The van der Waals surface area contributed by atoms with Gasteiger partial charge < -0.3 is 14.7 Å². The van der Waals surface area contributed by atoms with Crippen molar-refractivity contribution in [2.24, 2.45) is 13.0 Å². The van der Waals surface area contributed by atoms with E-state index in [1.165, 1.54) is 16.0 Å². The van der Waals surface area contributed by atoms with E-state index in [1.54, 1.807) is 17.9 Å². The topological polar surface area (TPSA) is 84.7 Å². The van der Waals surface area contributed by atoms with E-state index in [1.807, 2.05) is 31.2 Å². The van der Waals surface area contributed by atoms with Crippen molar-refractivity contribution in [2.45, 2.75) is 18.8 Å². The fourth-order valence-corrected chi connectivity index (χ4v) is 5.25. The van der Waals surface area contributed by atoms with Crippen molar-refractivity contribution in [3.05, 3.63) is 77.1 Å². The monoisotopic (exact) mass is 431 g/mol. The number of carboxylic acids is 1. The largest absolute Gasteiger partial charge is 0.481 e. The molecule has 1 saturated heterocycles. The molecule has 2 atom stereocenters. The zero-order chi connectivity index (χ0) is 22.4. The highest BCUT2D eigenvalue weighted by Gasteiger charge is 2.43. The number of aromatic nitrogens is 2. The zero-order valence-electron chi connectivity index (χ0n) is 18.1. The molecule has 2 unspecified atom stereocenters. The first kappa shape index (κ1) is 20.3. The number of hydrogen-bond acceptors (Lipinski definition) is 4. The van der Waals surface area contributed by atoms with Gasteiger partial charge >= 0.3 is 12.1 Å². The lowest BCUT2D eigenvalue weighted by atomic mass is 9.91. The second-order valence-corrected chi connectivity index (χ2v) is 8.60. The van der Waals surface area contributed by atoms with Crippen LogP contribution in [0.15, 0.2) is 54.7 Å². The summed E-state index contributed by atoms with van der Waals surface area (Å²) in [4.78, 5) is 26.4. The number of likely N-dealkylation sites (tertiary alicyclic amines) is 1. The molecule has 7 nitrogen and oxygen atoms in total. The molecule has 5 rings (SSSR count).